The number of nitrogens with zero attached hydrogens (tertiary/aromatic N) is 4. The molecule has 5 heterocycles. The Kier molecular flexibility index (Phi) is 14.2. The van der Waals surface area contributed by atoms with Gasteiger partial charge >= 0.3 is 12.0 Å². The van der Waals surface area contributed by atoms with E-state index in [0.717, 1.165) is 50.1 Å². The number of nitrogens with one attached hydrogen (secondary N) is 4. The summed E-state index contributed by atoms with van der Waals surface area (Å²) in [7, 11) is -2.20. The van der Waals surface area contributed by atoms with Crippen LogP contribution in [0.5, 0.6) is 11.5 Å². The maximum Gasteiger partial charge on any atom is 0.330 e. The van der Waals surface area contributed by atoms with Crippen LogP contribution in [-0.2, 0) is 31.0 Å². The van der Waals surface area contributed by atoms with Crippen LogP contribution in [0, 0.1) is 11.8 Å². The van der Waals surface area contributed by atoms with Crippen molar-refractivity contribution in [2.45, 2.75) is 138 Å². The van der Waals surface area contributed by atoms with Gasteiger partial charge in [0.25, 0.3) is 0 Å². The smallest absolute Gasteiger partial charge is 0.330 e. The molecule has 3 fully saturated rings. The molecule has 6 atom stereocenters. The van der Waals surface area contributed by atoms with Crippen molar-refractivity contribution in [1.29, 1.82) is 0 Å². The van der Waals surface area contributed by atoms with Gasteiger partial charge in [0.1, 0.15) is 40.9 Å². The van der Waals surface area contributed by atoms with Crippen LogP contribution in [-0.4, -0.2) is 113 Å². The van der Waals surface area contributed by atoms with E-state index in [-0.39, 0.29) is 55.8 Å². The number of carbonyl (C=O) groups excluding carboxylic acids is 3. The molecular formula is C50H62N8O9S2. The summed E-state index contributed by atoms with van der Waals surface area (Å²) in [6, 6.07) is 11.0. The van der Waals surface area contributed by atoms with Crippen LogP contribution in [0.15, 0.2) is 71.0 Å². The molecule has 5 aliphatic rings. The van der Waals surface area contributed by atoms with E-state index in [9.17, 15) is 27.9 Å². The predicted molar refractivity (Wildman–Crippen MR) is 261 cm³/mol. The lowest BCUT2D eigenvalue weighted by Gasteiger charge is -2.34. The van der Waals surface area contributed by atoms with Crippen molar-refractivity contribution in [3.63, 3.8) is 0 Å². The highest BCUT2D eigenvalue weighted by Crippen LogP contribution is 2.46. The highest BCUT2D eigenvalue weighted by Gasteiger charge is 2.61. The first kappa shape index (κ1) is 48.2. The third kappa shape index (κ3) is 10.4. The van der Waals surface area contributed by atoms with Gasteiger partial charge in [-0.25, -0.2) is 28.0 Å². The number of hydrogen-bond acceptors (Lipinski definition) is 12. The first-order valence-corrected chi connectivity index (χ1v) is 26.6. The number of carboxylic acid groups (broad SMARTS) is 1. The lowest BCUT2D eigenvalue weighted by atomic mass is 9.84. The van der Waals surface area contributed by atoms with Crippen LogP contribution >= 0.6 is 11.3 Å². The second-order valence-electron chi connectivity index (χ2n) is 19.4. The molecule has 69 heavy (non-hydrogen) atoms. The second kappa shape index (κ2) is 20.3. The number of allylic oxidation sites excluding steroid dienone is 1. The summed E-state index contributed by atoms with van der Waals surface area (Å²) in [6.07, 6.45) is 11.1. The molecule has 1 saturated heterocycles. The topological polar surface area (TPSA) is 221 Å². The summed E-state index contributed by atoms with van der Waals surface area (Å²) in [5.74, 6) is -1.59. The maximum absolute atomic E-state index is 15.1. The van der Waals surface area contributed by atoms with E-state index in [1.165, 1.54) is 20.5 Å². The Morgan fingerprint density at radius 3 is 2.55 bits per heavy atom. The molecule has 2 aliphatic carbocycles. The number of carbonyl (C=O) groups is 4. The first-order chi connectivity index (χ1) is 33.2. The van der Waals surface area contributed by atoms with E-state index in [2.05, 4.69) is 21.3 Å². The first-order valence-electron chi connectivity index (χ1n) is 24.3. The lowest BCUT2D eigenvalue weighted by molar-refractivity contribution is -0.145. The number of benzene rings is 2. The lowest BCUT2D eigenvalue weighted by Crippen LogP contribution is -2.58. The minimum atomic E-state index is -3.78. The van der Waals surface area contributed by atoms with Crippen LogP contribution in [0.25, 0.3) is 22.3 Å². The number of aliphatic carboxylic acids is 1. The Morgan fingerprint density at radius 2 is 1.78 bits per heavy atom. The maximum atomic E-state index is 15.1. The fraction of sp³-hybridized carbons (Fsp3) is 0.520. The van der Waals surface area contributed by atoms with Gasteiger partial charge in [0, 0.05) is 60.4 Å². The molecule has 2 aromatic heterocycles. The highest BCUT2D eigenvalue weighted by atomic mass is 32.2. The normalized spacial score (nSPS) is 26.1. The van der Waals surface area contributed by atoms with Crippen molar-refractivity contribution in [3.05, 3.63) is 71.6 Å². The zero-order valence-electron chi connectivity index (χ0n) is 39.3. The minimum absolute atomic E-state index is 0.0256. The summed E-state index contributed by atoms with van der Waals surface area (Å²) in [4.78, 5) is 68.2. The number of methoxy groups -OCH3 is 1. The molecular weight excluding hydrogens is 921 g/mol. The number of thiazole rings is 1. The molecule has 368 valence electrons. The van der Waals surface area contributed by atoms with E-state index in [1.807, 2.05) is 49.6 Å². The van der Waals surface area contributed by atoms with E-state index < -0.39 is 69.5 Å². The second-order valence-corrected chi connectivity index (χ2v) is 22.2. The number of urea groups is 1. The summed E-state index contributed by atoms with van der Waals surface area (Å²) >= 11 is 1.45. The van der Waals surface area contributed by atoms with Gasteiger partial charge < -0.3 is 40.7 Å². The SMILES string of the molecule is COc1ccc2c(O[C@@H]3C[C@H]4C(=O)N[C@]5(C(=O)O)CC5/C=C\CCCCC[C@H](NC(=O)NC(CN5Cc6ccccc6S5(=O)=O)C5CCCCC5)C(=O)N4C3)cc(-c3csc(NC(C)C)n3)nc2c1. The summed E-state index contributed by atoms with van der Waals surface area (Å²) < 4.78 is 41.2. The van der Waals surface area contributed by atoms with Gasteiger partial charge in [0.15, 0.2) is 5.13 Å². The summed E-state index contributed by atoms with van der Waals surface area (Å²) in [5.41, 5.74) is 0.960. The molecule has 0 spiro atoms. The minimum Gasteiger partial charge on any atom is -0.497 e. The average molecular weight is 983 g/mol. The number of carboxylic acids is 1. The summed E-state index contributed by atoms with van der Waals surface area (Å²) in [6.45, 7) is 4.31. The monoisotopic (exact) mass is 982 g/mol. The van der Waals surface area contributed by atoms with E-state index in [0.29, 0.717) is 52.2 Å². The van der Waals surface area contributed by atoms with Crippen LogP contribution in [0.3, 0.4) is 0 Å². The van der Waals surface area contributed by atoms with Gasteiger partial charge in [-0.15, -0.1) is 11.3 Å². The molecule has 2 aromatic carbocycles. The number of pyridine rings is 1. The van der Waals surface area contributed by atoms with Gasteiger partial charge in [-0.3, -0.25) is 9.59 Å². The van der Waals surface area contributed by atoms with E-state index >= 15 is 4.79 Å². The zero-order chi connectivity index (χ0) is 48.5. The van der Waals surface area contributed by atoms with Gasteiger partial charge in [-0.2, -0.15) is 4.31 Å². The van der Waals surface area contributed by atoms with Crippen molar-refractivity contribution >= 4 is 61.2 Å². The standard InChI is InChI=1S/C50H62N8O9S2/c1-30(2)51-49-55-41(29-68-49)39-24-43(36-21-20-34(66-3)22-38(36)52-39)67-35-23-42-45(59)56-50(47(61)62)25-33(50)17-10-5-4-6-11-18-37(46(60)58(42)27-35)53-48(63)54-40(31-14-8-7-9-15-31)28-57-26-32-16-12-13-19-44(32)69(57,64)65/h10,12-13,16-17,19-22,24,29-31,33,35,37,40,42H,4-9,11,14-15,18,23,25-28H2,1-3H3,(H,51,55)(H,56,59)(H,61,62)(H2,53,54,63)/b17-10-/t33?,35-,37+,40?,42+,50-/m1/s1. The van der Waals surface area contributed by atoms with Crippen molar-refractivity contribution in [2.24, 2.45) is 11.8 Å². The van der Waals surface area contributed by atoms with Crippen molar-refractivity contribution in [1.82, 2.24) is 35.1 Å². The molecule has 4 amide bonds. The van der Waals surface area contributed by atoms with Crippen LogP contribution in [0.2, 0.25) is 0 Å². The Bertz CT molecular complexity index is 2720. The zero-order valence-corrected chi connectivity index (χ0v) is 41.0. The number of rotatable bonds is 12. The van der Waals surface area contributed by atoms with E-state index in [1.54, 1.807) is 37.4 Å². The number of hydrogen-bond donors (Lipinski definition) is 5. The van der Waals surface area contributed by atoms with Crippen LogP contribution in [0.1, 0.15) is 96.5 Å². The third-order valence-corrected chi connectivity index (χ3v) is 16.9. The summed E-state index contributed by atoms with van der Waals surface area (Å²) in [5, 5.41) is 26.0. The fourth-order valence-corrected chi connectivity index (χ4v) is 13.0. The molecule has 2 unspecified atom stereocenters. The van der Waals surface area contributed by atoms with Crippen LogP contribution < -0.4 is 30.7 Å². The van der Waals surface area contributed by atoms with Crippen molar-refractivity contribution < 1.29 is 42.2 Å². The van der Waals surface area contributed by atoms with Crippen LogP contribution in [0.4, 0.5) is 9.93 Å². The van der Waals surface area contributed by atoms with Gasteiger partial charge in [-0.1, -0.05) is 62.5 Å². The number of sulfonamides is 1. The van der Waals surface area contributed by atoms with E-state index in [4.69, 9.17) is 19.4 Å². The molecule has 0 bridgehead atoms. The Labute approximate surface area is 406 Å². The fourth-order valence-electron chi connectivity index (χ4n) is 10.5. The highest BCUT2D eigenvalue weighted by molar-refractivity contribution is 7.89. The van der Waals surface area contributed by atoms with Crippen molar-refractivity contribution in [2.75, 3.05) is 25.5 Å². The van der Waals surface area contributed by atoms with Gasteiger partial charge in [0.05, 0.1) is 29.8 Å². The molecule has 5 N–H and O–H groups in total. The molecule has 17 nitrogen and oxygen atoms in total. The van der Waals surface area contributed by atoms with Gasteiger partial charge in [0.2, 0.25) is 21.8 Å². The number of anilines is 1. The molecule has 3 aliphatic heterocycles. The number of fused-ring (bicyclic) bond motifs is 4. The molecule has 9 rings (SSSR count). The predicted octanol–water partition coefficient (Wildman–Crippen LogP) is 6.84. The Balaban J connectivity index is 1.00. The third-order valence-electron chi connectivity index (χ3n) is 14.3. The number of ether oxygens (including phenoxy) is 2. The van der Waals surface area contributed by atoms with Gasteiger partial charge in [-0.05, 0) is 82.1 Å². The molecule has 19 heteroatoms. The Morgan fingerprint density at radius 1 is 1.00 bits per heavy atom. The molecule has 0 radical (unpaired) electrons. The average Bonchev–Trinajstić information content (AvgIpc) is 3.56. The largest absolute Gasteiger partial charge is 0.497 e. The number of aromatic nitrogens is 2. The quantitative estimate of drug-likeness (QED) is 0.0922. The van der Waals surface area contributed by atoms with Crippen molar-refractivity contribution in [3.8, 4) is 22.9 Å². The molecule has 2 saturated carbocycles. The Hall–Kier alpha value is -5.79. The molecule has 4 aromatic rings. The number of amides is 4.